The molecular weight excluding hydrogens is 282 g/mol. The first-order valence-electron chi connectivity index (χ1n) is 6.09. The van der Waals surface area contributed by atoms with Gasteiger partial charge in [0.2, 0.25) is 10.0 Å². The fourth-order valence-corrected chi connectivity index (χ4v) is 3.27. The van der Waals surface area contributed by atoms with Crippen LogP contribution in [0, 0.1) is 13.8 Å². The summed E-state index contributed by atoms with van der Waals surface area (Å²) in [5, 5.41) is 9.04. The molecule has 1 atom stereocenters. The Morgan fingerprint density at radius 1 is 1.40 bits per heavy atom. The van der Waals surface area contributed by atoms with Crippen LogP contribution in [0.2, 0.25) is 0 Å². The summed E-state index contributed by atoms with van der Waals surface area (Å²) in [6.07, 6.45) is 0.0654. The fourth-order valence-electron chi connectivity index (χ4n) is 1.82. The lowest BCUT2D eigenvalue weighted by Gasteiger charge is -2.15. The third kappa shape index (κ3) is 4.29. The number of ether oxygens (including phenoxy) is 1. The smallest absolute Gasteiger partial charge is 0.321 e. The summed E-state index contributed by atoms with van der Waals surface area (Å²) in [4.78, 5) is 11.2. The molecule has 6 nitrogen and oxygen atoms in total. The highest BCUT2D eigenvalue weighted by Crippen LogP contribution is 2.17. The van der Waals surface area contributed by atoms with Crippen molar-refractivity contribution >= 4 is 16.0 Å². The zero-order valence-electron chi connectivity index (χ0n) is 11.7. The van der Waals surface area contributed by atoms with Crippen LogP contribution in [0.15, 0.2) is 23.1 Å². The lowest BCUT2D eigenvalue weighted by atomic mass is 10.2. The lowest BCUT2D eigenvalue weighted by Crippen LogP contribution is -2.41. The van der Waals surface area contributed by atoms with Gasteiger partial charge in [-0.05, 0) is 31.9 Å². The van der Waals surface area contributed by atoms with Gasteiger partial charge in [0.05, 0.1) is 4.90 Å². The minimum absolute atomic E-state index is 0.0654. The average molecular weight is 301 g/mol. The van der Waals surface area contributed by atoms with E-state index in [1.165, 1.54) is 13.2 Å². The molecule has 0 fully saturated rings. The van der Waals surface area contributed by atoms with Gasteiger partial charge in [0, 0.05) is 13.7 Å². The molecule has 0 aliphatic rings. The molecule has 20 heavy (non-hydrogen) atoms. The molecule has 0 spiro atoms. The molecule has 0 aliphatic heterocycles. The van der Waals surface area contributed by atoms with E-state index in [-0.39, 0.29) is 17.9 Å². The van der Waals surface area contributed by atoms with Crippen molar-refractivity contribution in [3.8, 4) is 0 Å². The number of carboxylic acids is 1. The number of carbonyl (C=O) groups is 1. The summed E-state index contributed by atoms with van der Waals surface area (Å²) in [6, 6.07) is 3.68. The number of nitrogens with one attached hydrogen (secondary N) is 1. The van der Waals surface area contributed by atoms with Crippen LogP contribution < -0.4 is 4.72 Å². The Balaban J connectivity index is 3.00. The second-order valence-corrected chi connectivity index (χ2v) is 6.24. The Labute approximate surface area is 118 Å². The van der Waals surface area contributed by atoms with Crippen LogP contribution in [0.4, 0.5) is 0 Å². The van der Waals surface area contributed by atoms with Gasteiger partial charge in [0.15, 0.2) is 0 Å². The summed E-state index contributed by atoms with van der Waals surface area (Å²) in [5.74, 6) is -1.23. The maximum absolute atomic E-state index is 12.2. The van der Waals surface area contributed by atoms with Gasteiger partial charge in [-0.3, -0.25) is 4.79 Å². The van der Waals surface area contributed by atoms with Crippen molar-refractivity contribution in [1.29, 1.82) is 0 Å². The van der Waals surface area contributed by atoms with E-state index in [4.69, 9.17) is 9.84 Å². The molecule has 0 radical (unpaired) electrons. The molecule has 1 unspecified atom stereocenters. The lowest BCUT2D eigenvalue weighted by molar-refractivity contribution is -0.139. The summed E-state index contributed by atoms with van der Waals surface area (Å²) in [7, 11) is -2.44. The van der Waals surface area contributed by atoms with Crippen molar-refractivity contribution in [2.24, 2.45) is 0 Å². The van der Waals surface area contributed by atoms with Crippen LogP contribution in [0.3, 0.4) is 0 Å². The van der Waals surface area contributed by atoms with E-state index in [0.29, 0.717) is 5.56 Å². The van der Waals surface area contributed by atoms with Crippen molar-refractivity contribution < 1.29 is 23.1 Å². The van der Waals surface area contributed by atoms with Crippen LogP contribution in [-0.4, -0.2) is 39.3 Å². The van der Waals surface area contributed by atoms with Crippen LogP contribution in [0.25, 0.3) is 0 Å². The molecule has 1 aromatic rings. The number of benzene rings is 1. The molecule has 2 N–H and O–H groups in total. The Bertz CT molecular complexity index is 582. The third-order valence-electron chi connectivity index (χ3n) is 2.83. The van der Waals surface area contributed by atoms with Gasteiger partial charge in [0.25, 0.3) is 0 Å². The predicted molar refractivity (Wildman–Crippen MR) is 74.2 cm³/mol. The minimum atomic E-state index is -3.87. The summed E-state index contributed by atoms with van der Waals surface area (Å²) in [6.45, 7) is 3.69. The second-order valence-electron chi connectivity index (χ2n) is 4.56. The van der Waals surface area contributed by atoms with Crippen LogP contribution in [0.1, 0.15) is 17.5 Å². The van der Waals surface area contributed by atoms with Crippen LogP contribution >= 0.6 is 0 Å². The SMILES string of the molecule is COCCC(NS(=O)(=O)c1ccc(C)cc1C)C(=O)O. The average Bonchev–Trinajstić information content (AvgIpc) is 2.33. The molecule has 0 aromatic heterocycles. The molecule has 0 saturated heterocycles. The number of hydrogen-bond acceptors (Lipinski definition) is 4. The maximum Gasteiger partial charge on any atom is 0.321 e. The van der Waals surface area contributed by atoms with Gasteiger partial charge in [-0.15, -0.1) is 0 Å². The number of rotatable bonds is 7. The number of carboxylic acid groups (broad SMARTS) is 1. The van der Waals surface area contributed by atoms with Gasteiger partial charge >= 0.3 is 5.97 Å². The molecule has 1 aromatic carbocycles. The van der Waals surface area contributed by atoms with Crippen molar-refractivity contribution in [2.75, 3.05) is 13.7 Å². The van der Waals surface area contributed by atoms with Gasteiger partial charge in [-0.25, -0.2) is 8.42 Å². The number of methoxy groups -OCH3 is 1. The van der Waals surface area contributed by atoms with Crippen molar-refractivity contribution in [1.82, 2.24) is 4.72 Å². The molecule has 0 heterocycles. The predicted octanol–water partition coefficient (Wildman–Crippen LogP) is 1.07. The van der Waals surface area contributed by atoms with E-state index in [1.54, 1.807) is 19.1 Å². The van der Waals surface area contributed by atoms with Gasteiger partial charge in [-0.1, -0.05) is 17.7 Å². The zero-order chi connectivity index (χ0) is 15.3. The molecule has 0 aliphatic carbocycles. The van der Waals surface area contributed by atoms with E-state index in [1.807, 2.05) is 6.92 Å². The summed E-state index contributed by atoms with van der Waals surface area (Å²) < 4.78 is 31.4. The molecular formula is C13H19NO5S. The monoisotopic (exact) mass is 301 g/mol. The van der Waals surface area contributed by atoms with E-state index in [0.717, 1.165) is 5.56 Å². The standard InChI is InChI=1S/C13H19NO5S/c1-9-4-5-12(10(2)8-9)20(17,18)14-11(13(15)16)6-7-19-3/h4-5,8,11,14H,6-7H2,1-3H3,(H,15,16). The van der Waals surface area contributed by atoms with E-state index < -0.39 is 22.0 Å². The van der Waals surface area contributed by atoms with Crippen molar-refractivity contribution in [2.45, 2.75) is 31.2 Å². The van der Waals surface area contributed by atoms with Gasteiger partial charge in [-0.2, -0.15) is 4.72 Å². The highest BCUT2D eigenvalue weighted by atomic mass is 32.2. The summed E-state index contributed by atoms with van der Waals surface area (Å²) >= 11 is 0. The normalized spacial score (nSPS) is 13.2. The molecule has 112 valence electrons. The Kier molecular flexibility index (Phi) is 5.67. The highest BCUT2D eigenvalue weighted by Gasteiger charge is 2.26. The molecule has 1 rings (SSSR count). The first kappa shape index (κ1) is 16.6. The molecule has 0 saturated carbocycles. The van der Waals surface area contributed by atoms with E-state index in [2.05, 4.69) is 4.72 Å². The quantitative estimate of drug-likeness (QED) is 0.786. The molecule has 7 heteroatoms. The number of aliphatic carboxylic acids is 1. The number of sulfonamides is 1. The Hall–Kier alpha value is -1.44. The molecule has 0 bridgehead atoms. The zero-order valence-corrected chi connectivity index (χ0v) is 12.5. The minimum Gasteiger partial charge on any atom is -0.480 e. The van der Waals surface area contributed by atoms with Crippen LogP contribution in [-0.2, 0) is 19.6 Å². The topological polar surface area (TPSA) is 92.7 Å². The third-order valence-corrected chi connectivity index (χ3v) is 4.46. The Morgan fingerprint density at radius 3 is 2.55 bits per heavy atom. The van der Waals surface area contributed by atoms with E-state index in [9.17, 15) is 13.2 Å². The first-order chi connectivity index (χ1) is 9.27. The second kappa shape index (κ2) is 6.83. The van der Waals surface area contributed by atoms with Gasteiger partial charge < -0.3 is 9.84 Å². The van der Waals surface area contributed by atoms with Crippen molar-refractivity contribution in [3.63, 3.8) is 0 Å². The first-order valence-corrected chi connectivity index (χ1v) is 7.57. The molecule has 0 amide bonds. The maximum atomic E-state index is 12.2. The number of aryl methyl sites for hydroxylation is 2. The fraction of sp³-hybridized carbons (Fsp3) is 0.462. The van der Waals surface area contributed by atoms with E-state index >= 15 is 0 Å². The van der Waals surface area contributed by atoms with Crippen molar-refractivity contribution in [3.05, 3.63) is 29.3 Å². The van der Waals surface area contributed by atoms with Crippen LogP contribution in [0.5, 0.6) is 0 Å². The number of hydrogen-bond donors (Lipinski definition) is 2. The summed E-state index contributed by atoms with van der Waals surface area (Å²) in [5.41, 5.74) is 1.52. The highest BCUT2D eigenvalue weighted by molar-refractivity contribution is 7.89. The van der Waals surface area contributed by atoms with Gasteiger partial charge in [0.1, 0.15) is 6.04 Å². The largest absolute Gasteiger partial charge is 0.480 e. The Morgan fingerprint density at radius 2 is 2.05 bits per heavy atom.